The van der Waals surface area contributed by atoms with Gasteiger partial charge in [0.25, 0.3) is 0 Å². The van der Waals surface area contributed by atoms with E-state index >= 15 is 0 Å². The summed E-state index contributed by atoms with van der Waals surface area (Å²) in [6.45, 7) is 1.60. The number of aliphatic hydroxyl groups excluding tert-OH is 1. The first-order valence-corrected chi connectivity index (χ1v) is 3.38. The topological polar surface area (TPSA) is 66.5 Å². The molecule has 0 heterocycles. The molecule has 0 saturated carbocycles. The van der Waals surface area contributed by atoms with Gasteiger partial charge in [0, 0.05) is 5.56 Å². The average molecular weight is 153 g/mol. The Bertz CT molecular complexity index is 258. The maximum absolute atomic E-state index is 9.14. The summed E-state index contributed by atoms with van der Waals surface area (Å²) in [4.78, 5) is 0. The van der Waals surface area contributed by atoms with Crippen molar-refractivity contribution in [1.82, 2.24) is 0 Å². The number of phenols is 1. The summed E-state index contributed by atoms with van der Waals surface area (Å²) in [6.07, 6.45) is -0.637. The minimum Gasteiger partial charge on any atom is -0.506 e. The van der Waals surface area contributed by atoms with Gasteiger partial charge in [-0.2, -0.15) is 0 Å². The summed E-state index contributed by atoms with van der Waals surface area (Å²) >= 11 is 0. The molecule has 4 N–H and O–H groups in total. The molecule has 3 heteroatoms. The summed E-state index contributed by atoms with van der Waals surface area (Å²) in [5.74, 6) is 0.0170. The molecule has 0 spiro atoms. The van der Waals surface area contributed by atoms with Crippen molar-refractivity contribution >= 4 is 5.69 Å². The lowest BCUT2D eigenvalue weighted by atomic mass is 10.1. The predicted molar refractivity (Wildman–Crippen MR) is 43.2 cm³/mol. The highest BCUT2D eigenvalue weighted by Gasteiger charge is 2.07. The van der Waals surface area contributed by atoms with Gasteiger partial charge in [-0.15, -0.1) is 0 Å². The number of para-hydroxylation sites is 1. The van der Waals surface area contributed by atoms with Crippen molar-refractivity contribution in [1.29, 1.82) is 0 Å². The summed E-state index contributed by atoms with van der Waals surface area (Å²) in [7, 11) is 0. The van der Waals surface area contributed by atoms with E-state index in [0.29, 0.717) is 5.56 Å². The number of nitrogens with two attached hydrogens (primary N) is 1. The first-order chi connectivity index (χ1) is 5.13. The van der Waals surface area contributed by atoms with Gasteiger partial charge in [0.1, 0.15) is 5.75 Å². The third-order valence-electron chi connectivity index (χ3n) is 1.57. The second kappa shape index (κ2) is 2.80. The van der Waals surface area contributed by atoms with Crippen molar-refractivity contribution in [3.63, 3.8) is 0 Å². The van der Waals surface area contributed by atoms with E-state index < -0.39 is 6.10 Å². The summed E-state index contributed by atoms with van der Waals surface area (Å²) in [5, 5.41) is 18.3. The van der Waals surface area contributed by atoms with Gasteiger partial charge in [-0.05, 0) is 13.0 Å². The van der Waals surface area contributed by atoms with Crippen LogP contribution in [0.4, 0.5) is 5.69 Å². The average Bonchev–Trinajstić information content (AvgIpc) is 1.94. The number of hydrogen-bond acceptors (Lipinski definition) is 3. The van der Waals surface area contributed by atoms with Crippen LogP contribution in [-0.2, 0) is 0 Å². The molecule has 1 aromatic carbocycles. The fourth-order valence-electron chi connectivity index (χ4n) is 0.935. The van der Waals surface area contributed by atoms with Crippen LogP contribution in [0.25, 0.3) is 0 Å². The van der Waals surface area contributed by atoms with Crippen molar-refractivity contribution < 1.29 is 10.2 Å². The van der Waals surface area contributed by atoms with Crippen LogP contribution in [0.2, 0.25) is 0 Å². The van der Waals surface area contributed by atoms with Gasteiger partial charge < -0.3 is 15.9 Å². The van der Waals surface area contributed by atoms with Crippen molar-refractivity contribution in [3.8, 4) is 5.75 Å². The maximum Gasteiger partial charge on any atom is 0.138 e. The monoisotopic (exact) mass is 153 g/mol. The number of benzene rings is 1. The Balaban J connectivity index is 3.17. The lowest BCUT2D eigenvalue weighted by molar-refractivity contribution is 0.199. The Hall–Kier alpha value is -1.22. The molecule has 0 aromatic heterocycles. The second-order valence-corrected chi connectivity index (χ2v) is 2.46. The van der Waals surface area contributed by atoms with E-state index in [2.05, 4.69) is 0 Å². The third-order valence-corrected chi connectivity index (χ3v) is 1.57. The number of hydrogen-bond donors (Lipinski definition) is 3. The Morgan fingerprint density at radius 3 is 2.55 bits per heavy atom. The molecule has 11 heavy (non-hydrogen) atoms. The maximum atomic E-state index is 9.14. The molecule has 0 amide bonds. The van der Waals surface area contributed by atoms with Crippen molar-refractivity contribution in [3.05, 3.63) is 23.8 Å². The molecular formula is C8H11NO2. The summed E-state index contributed by atoms with van der Waals surface area (Å²) in [6, 6.07) is 4.81. The normalized spacial score (nSPS) is 12.9. The number of nitrogen functional groups attached to an aromatic ring is 1. The third kappa shape index (κ3) is 1.43. The van der Waals surface area contributed by atoms with Crippen LogP contribution in [0.1, 0.15) is 18.6 Å². The SMILES string of the molecule is CC(O)c1cccc(O)c1N. The van der Waals surface area contributed by atoms with E-state index in [0.717, 1.165) is 0 Å². The van der Waals surface area contributed by atoms with E-state index in [9.17, 15) is 0 Å². The Labute approximate surface area is 65.1 Å². The van der Waals surface area contributed by atoms with Crippen LogP contribution in [0.3, 0.4) is 0 Å². The van der Waals surface area contributed by atoms with Crippen LogP contribution in [0, 0.1) is 0 Å². The van der Waals surface area contributed by atoms with Crippen molar-refractivity contribution in [2.24, 2.45) is 0 Å². The molecule has 0 saturated heterocycles. The van der Waals surface area contributed by atoms with Crippen LogP contribution >= 0.6 is 0 Å². The lowest BCUT2D eigenvalue weighted by Crippen LogP contribution is -1.97. The molecule has 0 bridgehead atoms. The van der Waals surface area contributed by atoms with Crippen LogP contribution < -0.4 is 5.73 Å². The molecule has 1 rings (SSSR count). The molecule has 0 aliphatic rings. The van der Waals surface area contributed by atoms with Gasteiger partial charge in [-0.25, -0.2) is 0 Å². The zero-order valence-corrected chi connectivity index (χ0v) is 6.28. The molecule has 0 aliphatic carbocycles. The molecule has 0 radical (unpaired) electrons. The van der Waals surface area contributed by atoms with Gasteiger partial charge in [0.2, 0.25) is 0 Å². The standard InChI is InChI=1S/C8H11NO2/c1-5(10)6-3-2-4-7(11)8(6)9/h2-5,10-11H,9H2,1H3. The Morgan fingerprint density at radius 1 is 1.45 bits per heavy atom. The van der Waals surface area contributed by atoms with E-state index in [1.165, 1.54) is 6.07 Å². The van der Waals surface area contributed by atoms with E-state index in [4.69, 9.17) is 15.9 Å². The molecular weight excluding hydrogens is 142 g/mol. The second-order valence-electron chi connectivity index (χ2n) is 2.46. The fourth-order valence-corrected chi connectivity index (χ4v) is 0.935. The van der Waals surface area contributed by atoms with E-state index in [1.807, 2.05) is 0 Å². The lowest BCUT2D eigenvalue weighted by Gasteiger charge is -2.08. The molecule has 60 valence electrons. The minimum absolute atomic E-state index is 0.0170. The number of aliphatic hydroxyl groups is 1. The quantitative estimate of drug-likeness (QED) is 0.417. The Kier molecular flexibility index (Phi) is 2.01. The van der Waals surface area contributed by atoms with E-state index in [-0.39, 0.29) is 11.4 Å². The predicted octanol–water partition coefficient (Wildman–Crippen LogP) is 1.03. The molecule has 3 nitrogen and oxygen atoms in total. The fraction of sp³-hybridized carbons (Fsp3) is 0.250. The van der Waals surface area contributed by atoms with Gasteiger partial charge in [0.05, 0.1) is 11.8 Å². The largest absolute Gasteiger partial charge is 0.506 e. The van der Waals surface area contributed by atoms with Gasteiger partial charge >= 0.3 is 0 Å². The van der Waals surface area contributed by atoms with Gasteiger partial charge in [-0.3, -0.25) is 0 Å². The summed E-state index contributed by atoms with van der Waals surface area (Å²) < 4.78 is 0. The van der Waals surface area contributed by atoms with Crippen LogP contribution in [0.5, 0.6) is 5.75 Å². The highest BCUT2D eigenvalue weighted by atomic mass is 16.3. The number of rotatable bonds is 1. The first kappa shape index (κ1) is 7.88. The summed E-state index contributed by atoms with van der Waals surface area (Å²) in [5.41, 5.74) is 6.29. The van der Waals surface area contributed by atoms with Crippen LogP contribution in [0.15, 0.2) is 18.2 Å². The number of phenolic OH excluding ortho intramolecular Hbond substituents is 1. The zero-order valence-electron chi connectivity index (χ0n) is 6.28. The van der Waals surface area contributed by atoms with Gasteiger partial charge in [-0.1, -0.05) is 12.1 Å². The van der Waals surface area contributed by atoms with Gasteiger partial charge in [0.15, 0.2) is 0 Å². The Morgan fingerprint density at radius 2 is 2.09 bits per heavy atom. The first-order valence-electron chi connectivity index (χ1n) is 3.38. The number of anilines is 1. The van der Waals surface area contributed by atoms with E-state index in [1.54, 1.807) is 19.1 Å². The minimum atomic E-state index is -0.637. The highest BCUT2D eigenvalue weighted by Crippen LogP contribution is 2.27. The molecule has 1 unspecified atom stereocenters. The highest BCUT2D eigenvalue weighted by molar-refractivity contribution is 5.58. The molecule has 1 atom stereocenters. The molecule has 0 fully saturated rings. The molecule has 0 aliphatic heterocycles. The van der Waals surface area contributed by atoms with Crippen molar-refractivity contribution in [2.75, 3.05) is 5.73 Å². The zero-order chi connectivity index (χ0) is 8.43. The smallest absolute Gasteiger partial charge is 0.138 e. The number of aromatic hydroxyl groups is 1. The molecule has 1 aromatic rings. The van der Waals surface area contributed by atoms with Crippen LogP contribution in [-0.4, -0.2) is 10.2 Å². The van der Waals surface area contributed by atoms with Crippen molar-refractivity contribution in [2.45, 2.75) is 13.0 Å².